The molecule has 210 valence electrons. The van der Waals surface area contributed by atoms with Crippen molar-refractivity contribution in [2.75, 3.05) is 17.7 Å². The van der Waals surface area contributed by atoms with Gasteiger partial charge in [-0.15, -0.1) is 0 Å². The molecule has 0 aliphatic carbocycles. The van der Waals surface area contributed by atoms with Crippen LogP contribution in [0.5, 0.6) is 11.5 Å². The number of fused-ring (bicyclic) bond motifs is 1. The van der Waals surface area contributed by atoms with Crippen molar-refractivity contribution in [2.24, 2.45) is 0 Å². The number of rotatable bonds is 9. The molecule has 8 nitrogen and oxygen atoms in total. The maximum Gasteiger partial charge on any atom is 0.267 e. The third-order valence-electron chi connectivity index (χ3n) is 5.70. The molecule has 5 N–H and O–H groups in total. The maximum atomic E-state index is 15.2. The molecule has 0 saturated heterocycles. The summed E-state index contributed by atoms with van der Waals surface area (Å²) in [6.07, 6.45) is 0.217. The Hall–Kier alpha value is -3.79. The summed E-state index contributed by atoms with van der Waals surface area (Å²) in [5, 5.41) is 6.67. The van der Waals surface area contributed by atoms with Crippen molar-refractivity contribution in [3.8, 4) is 11.5 Å². The lowest BCUT2D eigenvalue weighted by Crippen LogP contribution is -2.23. The van der Waals surface area contributed by atoms with Crippen molar-refractivity contribution in [2.45, 2.75) is 39.3 Å². The molecule has 4 aromatic rings. The van der Waals surface area contributed by atoms with Gasteiger partial charge in [0.15, 0.2) is 11.6 Å². The largest absolute Gasteiger partial charge is 0.453 e. The Morgan fingerprint density at radius 3 is 2.55 bits per heavy atom. The first kappa shape index (κ1) is 29.2. The van der Waals surface area contributed by atoms with E-state index in [4.69, 9.17) is 38.4 Å². The number of nitrogens with one attached hydrogen (secondary N) is 3. The minimum atomic E-state index is -0.726. The van der Waals surface area contributed by atoms with E-state index in [1.807, 2.05) is 20.8 Å². The summed E-state index contributed by atoms with van der Waals surface area (Å²) in [4.78, 5) is 28.1. The molecule has 4 rings (SSSR count). The van der Waals surface area contributed by atoms with E-state index in [1.165, 1.54) is 30.3 Å². The Labute approximate surface area is 240 Å². The van der Waals surface area contributed by atoms with Gasteiger partial charge >= 0.3 is 0 Å². The zero-order valence-corrected chi connectivity index (χ0v) is 23.7. The van der Waals surface area contributed by atoms with Crippen molar-refractivity contribution >= 4 is 57.3 Å². The zero-order valence-electron chi connectivity index (χ0n) is 22.2. The summed E-state index contributed by atoms with van der Waals surface area (Å²) in [6, 6.07) is 14.4. The van der Waals surface area contributed by atoms with E-state index in [0.29, 0.717) is 28.5 Å². The fourth-order valence-corrected chi connectivity index (χ4v) is 4.25. The number of hydrogen-bond acceptors (Lipinski definition) is 5. The Balaban J connectivity index is 1.40. The van der Waals surface area contributed by atoms with E-state index in [2.05, 4.69) is 15.6 Å². The van der Waals surface area contributed by atoms with E-state index in [-0.39, 0.29) is 52.3 Å². The highest BCUT2D eigenvalue weighted by atomic mass is 35.5. The minimum absolute atomic E-state index is 0.0476. The molecule has 2 amide bonds. The second kappa shape index (κ2) is 12.2. The standard InChI is InChI=1S/C29H29Cl2FN4O4/c1-29(2,3)39-9-8-25(37)35-20-6-4-16-10-24(36-23(16)14-20)28(38)34-15-17-5-7-22(31)27(26(17)32)40-21-12-18(30)11-19(33)13-21/h4-7,10-14,36H,8-9,15,33H2,1-3H3,(H,34,38)(H,35,37). The molecule has 0 saturated carbocycles. The number of carbonyl (C=O) groups is 2. The number of ether oxygens (including phenoxy) is 2. The van der Waals surface area contributed by atoms with E-state index < -0.39 is 11.7 Å². The van der Waals surface area contributed by atoms with Gasteiger partial charge in [-0.05, 0) is 57.2 Å². The van der Waals surface area contributed by atoms with Gasteiger partial charge in [0.25, 0.3) is 5.91 Å². The van der Waals surface area contributed by atoms with Crippen LogP contribution in [0.15, 0.2) is 54.6 Å². The molecule has 0 aliphatic rings. The number of benzene rings is 3. The van der Waals surface area contributed by atoms with Gasteiger partial charge in [-0.2, -0.15) is 0 Å². The number of nitrogen functional groups attached to an aromatic ring is 1. The van der Waals surface area contributed by atoms with Gasteiger partial charge in [0, 0.05) is 45.5 Å². The lowest BCUT2D eigenvalue weighted by Gasteiger charge is -2.19. The van der Waals surface area contributed by atoms with E-state index in [1.54, 1.807) is 24.3 Å². The number of carbonyl (C=O) groups excluding carboxylic acids is 2. The highest BCUT2D eigenvalue weighted by molar-refractivity contribution is 6.32. The third kappa shape index (κ3) is 7.65. The molecule has 0 radical (unpaired) electrons. The van der Waals surface area contributed by atoms with Crippen LogP contribution >= 0.6 is 23.2 Å². The smallest absolute Gasteiger partial charge is 0.267 e. The lowest BCUT2D eigenvalue weighted by atomic mass is 10.2. The van der Waals surface area contributed by atoms with Crippen molar-refractivity contribution in [3.63, 3.8) is 0 Å². The quantitative estimate of drug-likeness (QED) is 0.156. The molecular formula is C29H29Cl2FN4O4. The van der Waals surface area contributed by atoms with Crippen LogP contribution < -0.4 is 21.1 Å². The molecule has 40 heavy (non-hydrogen) atoms. The molecule has 0 bridgehead atoms. The number of hydrogen-bond donors (Lipinski definition) is 4. The van der Waals surface area contributed by atoms with E-state index >= 15 is 4.39 Å². The van der Waals surface area contributed by atoms with Crippen molar-refractivity contribution in [3.05, 3.63) is 81.7 Å². The number of amides is 2. The molecule has 0 unspecified atom stereocenters. The van der Waals surface area contributed by atoms with E-state index in [9.17, 15) is 9.59 Å². The summed E-state index contributed by atoms with van der Waals surface area (Å²) in [5.41, 5.74) is 7.49. The number of anilines is 2. The second-order valence-electron chi connectivity index (χ2n) is 10.1. The average molecular weight is 587 g/mol. The molecule has 0 fully saturated rings. The molecule has 0 spiro atoms. The van der Waals surface area contributed by atoms with Gasteiger partial charge in [-0.3, -0.25) is 9.59 Å². The summed E-state index contributed by atoms with van der Waals surface area (Å²) in [7, 11) is 0. The van der Waals surface area contributed by atoms with Crippen LogP contribution in [0.2, 0.25) is 10.0 Å². The zero-order chi connectivity index (χ0) is 29.0. The predicted octanol–water partition coefficient (Wildman–Crippen LogP) is 7.06. The fraction of sp³-hybridized carbons (Fsp3) is 0.241. The van der Waals surface area contributed by atoms with Crippen LogP contribution in [0.25, 0.3) is 10.9 Å². The minimum Gasteiger partial charge on any atom is -0.453 e. The monoisotopic (exact) mass is 586 g/mol. The molecule has 3 aromatic carbocycles. The normalized spacial score (nSPS) is 11.4. The summed E-state index contributed by atoms with van der Waals surface area (Å²) in [6.45, 7) is 5.96. The van der Waals surface area contributed by atoms with Crippen LogP contribution in [0.1, 0.15) is 43.2 Å². The van der Waals surface area contributed by atoms with Gasteiger partial charge in [0.2, 0.25) is 5.91 Å². The average Bonchev–Trinajstić information content (AvgIpc) is 3.28. The lowest BCUT2D eigenvalue weighted by molar-refractivity contribution is -0.118. The molecule has 0 atom stereocenters. The Morgan fingerprint density at radius 1 is 1.05 bits per heavy atom. The number of aromatic amines is 1. The Morgan fingerprint density at radius 2 is 1.82 bits per heavy atom. The molecule has 1 aromatic heterocycles. The van der Waals surface area contributed by atoms with Crippen molar-refractivity contribution < 1.29 is 23.5 Å². The third-order valence-corrected chi connectivity index (χ3v) is 6.21. The maximum absolute atomic E-state index is 15.2. The predicted molar refractivity (Wildman–Crippen MR) is 156 cm³/mol. The topological polar surface area (TPSA) is 118 Å². The number of H-pyrrole nitrogens is 1. The van der Waals surface area contributed by atoms with Crippen molar-refractivity contribution in [1.82, 2.24) is 10.3 Å². The van der Waals surface area contributed by atoms with Crippen LogP contribution in [-0.4, -0.2) is 29.0 Å². The molecular weight excluding hydrogens is 558 g/mol. The van der Waals surface area contributed by atoms with Crippen LogP contribution in [0.3, 0.4) is 0 Å². The molecule has 1 heterocycles. The number of halogens is 3. The first-order valence-electron chi connectivity index (χ1n) is 12.4. The van der Waals surface area contributed by atoms with Crippen LogP contribution in [0, 0.1) is 5.82 Å². The van der Waals surface area contributed by atoms with Crippen molar-refractivity contribution in [1.29, 1.82) is 0 Å². The van der Waals surface area contributed by atoms with Gasteiger partial charge < -0.3 is 30.8 Å². The first-order valence-corrected chi connectivity index (χ1v) is 13.2. The highest BCUT2D eigenvalue weighted by Gasteiger charge is 2.18. The fourth-order valence-electron chi connectivity index (χ4n) is 3.84. The van der Waals surface area contributed by atoms with Gasteiger partial charge in [-0.1, -0.05) is 35.3 Å². The highest BCUT2D eigenvalue weighted by Crippen LogP contribution is 2.35. The molecule has 11 heteroatoms. The number of aromatic nitrogens is 1. The summed E-state index contributed by atoms with van der Waals surface area (Å²) in [5.74, 6) is -1.34. The summed E-state index contributed by atoms with van der Waals surface area (Å²) < 4.78 is 26.5. The molecule has 0 aliphatic heterocycles. The van der Waals surface area contributed by atoms with Gasteiger partial charge in [0.1, 0.15) is 11.4 Å². The van der Waals surface area contributed by atoms with Gasteiger partial charge in [-0.25, -0.2) is 4.39 Å². The van der Waals surface area contributed by atoms with E-state index in [0.717, 1.165) is 5.39 Å². The SMILES string of the molecule is CC(C)(C)OCCC(=O)Nc1ccc2cc(C(=O)NCc3ccc(Cl)c(Oc4cc(N)cc(Cl)c4)c3F)[nH]c2c1. The summed E-state index contributed by atoms with van der Waals surface area (Å²) >= 11 is 12.2. The number of nitrogens with two attached hydrogens (primary N) is 1. The Kier molecular flexibility index (Phi) is 8.88. The van der Waals surface area contributed by atoms with Crippen LogP contribution in [-0.2, 0) is 16.1 Å². The van der Waals surface area contributed by atoms with Gasteiger partial charge in [0.05, 0.1) is 23.7 Å². The first-order chi connectivity index (χ1) is 18.9. The van der Waals surface area contributed by atoms with Crippen LogP contribution in [0.4, 0.5) is 15.8 Å². The second-order valence-corrected chi connectivity index (χ2v) is 10.9. The Bertz CT molecular complexity index is 1550.